The highest BCUT2D eigenvalue weighted by Crippen LogP contribution is 2.63. The number of esters is 2. The van der Waals surface area contributed by atoms with Crippen LogP contribution >= 0.6 is 0 Å². The Kier molecular flexibility index (Phi) is 8.00. The molecule has 2 bridgehead atoms. The maximum Gasteiger partial charge on any atom is 0.332 e. The Morgan fingerprint density at radius 1 is 1.11 bits per heavy atom. The van der Waals surface area contributed by atoms with Gasteiger partial charge in [0.15, 0.2) is 11.5 Å². The predicted molar refractivity (Wildman–Crippen MR) is 139 cm³/mol. The second-order valence-corrected chi connectivity index (χ2v) is 11.1. The second-order valence-electron chi connectivity index (χ2n) is 11.1. The molecule has 0 radical (unpaired) electrons. The third-order valence-electron chi connectivity index (χ3n) is 8.90. The van der Waals surface area contributed by atoms with E-state index in [1.54, 1.807) is 18.2 Å². The van der Waals surface area contributed by atoms with Gasteiger partial charge in [-0.15, -0.1) is 0 Å². The third-order valence-corrected chi connectivity index (χ3v) is 8.90. The average molecular weight is 533 g/mol. The number of ether oxygens (including phenoxy) is 6. The molecule has 0 aromatic heterocycles. The molecule has 4 rings (SSSR count). The summed E-state index contributed by atoms with van der Waals surface area (Å²) in [7, 11) is 4.60. The molecule has 9 nitrogen and oxygen atoms in total. The maximum absolute atomic E-state index is 13.3. The summed E-state index contributed by atoms with van der Waals surface area (Å²) in [5.74, 6) is 0.699. The molecule has 2 aliphatic heterocycles. The van der Waals surface area contributed by atoms with E-state index in [1.165, 1.54) is 27.4 Å². The van der Waals surface area contributed by atoms with Crippen LogP contribution in [0.5, 0.6) is 17.2 Å². The van der Waals surface area contributed by atoms with E-state index in [0.29, 0.717) is 35.2 Å². The van der Waals surface area contributed by atoms with Crippen LogP contribution in [0.2, 0.25) is 0 Å². The molecule has 2 saturated heterocycles. The quantitative estimate of drug-likeness (QED) is 0.375. The molecular formula is C29H40O9. The smallest absolute Gasteiger partial charge is 0.332 e. The molecule has 0 spiro atoms. The minimum Gasteiger partial charge on any atom is -0.493 e. The number of rotatable bonds is 9. The number of aliphatic hydroxyl groups is 1. The van der Waals surface area contributed by atoms with Crippen LogP contribution in [0, 0.1) is 23.7 Å². The summed E-state index contributed by atoms with van der Waals surface area (Å²) in [4.78, 5) is 25.4. The Hall–Kier alpha value is -2.78. The fraction of sp³-hybridized carbons (Fsp3) is 0.655. The Bertz CT molecular complexity index is 1060. The lowest BCUT2D eigenvalue weighted by molar-refractivity contribution is -0.264. The number of aliphatic hydroxyl groups excluding tert-OH is 1. The van der Waals surface area contributed by atoms with Crippen molar-refractivity contribution in [3.05, 3.63) is 23.8 Å². The van der Waals surface area contributed by atoms with E-state index in [2.05, 4.69) is 6.92 Å². The average Bonchev–Trinajstić information content (AvgIpc) is 3.42. The van der Waals surface area contributed by atoms with Crippen molar-refractivity contribution < 1.29 is 43.1 Å². The van der Waals surface area contributed by atoms with Gasteiger partial charge in [0.1, 0.15) is 30.0 Å². The number of benzene rings is 1. The monoisotopic (exact) mass is 532 g/mol. The first-order chi connectivity index (χ1) is 18.0. The number of hydrogen-bond donors (Lipinski definition) is 1. The van der Waals surface area contributed by atoms with Gasteiger partial charge in [0, 0.05) is 18.4 Å². The van der Waals surface area contributed by atoms with Crippen molar-refractivity contribution in [3.8, 4) is 17.2 Å². The van der Waals surface area contributed by atoms with Crippen LogP contribution in [0.15, 0.2) is 18.2 Å². The van der Waals surface area contributed by atoms with E-state index in [0.717, 1.165) is 12.8 Å². The number of carbonyl (C=O) groups excluding carboxylic acids is 2. The molecule has 3 fully saturated rings. The van der Waals surface area contributed by atoms with E-state index in [1.807, 2.05) is 20.8 Å². The lowest BCUT2D eigenvalue weighted by Crippen LogP contribution is -2.62. The Labute approximate surface area is 224 Å². The van der Waals surface area contributed by atoms with Crippen LogP contribution in [0.4, 0.5) is 0 Å². The van der Waals surface area contributed by atoms with Crippen LogP contribution < -0.4 is 14.2 Å². The van der Waals surface area contributed by atoms with E-state index >= 15 is 0 Å². The molecule has 0 amide bonds. The van der Waals surface area contributed by atoms with Gasteiger partial charge in [0.05, 0.1) is 21.3 Å². The highest BCUT2D eigenvalue weighted by molar-refractivity contribution is 5.87. The zero-order valence-electron chi connectivity index (χ0n) is 23.3. The third kappa shape index (κ3) is 4.64. The highest BCUT2D eigenvalue weighted by atomic mass is 16.6. The number of methoxy groups -OCH3 is 3. The van der Waals surface area contributed by atoms with Crippen LogP contribution in [-0.4, -0.2) is 68.4 Å². The van der Waals surface area contributed by atoms with E-state index < -0.39 is 42.0 Å². The van der Waals surface area contributed by atoms with Gasteiger partial charge < -0.3 is 33.5 Å². The zero-order valence-corrected chi connectivity index (χ0v) is 23.3. The normalized spacial score (nSPS) is 33.8. The summed E-state index contributed by atoms with van der Waals surface area (Å²) >= 11 is 0. The van der Waals surface area contributed by atoms with E-state index in [9.17, 15) is 14.7 Å². The summed E-state index contributed by atoms with van der Waals surface area (Å²) in [6.07, 6.45) is 4.28. The molecule has 1 saturated carbocycles. The Balaban J connectivity index is 1.64. The van der Waals surface area contributed by atoms with Crippen LogP contribution in [0.25, 0.3) is 6.08 Å². The van der Waals surface area contributed by atoms with Gasteiger partial charge in [0.2, 0.25) is 5.75 Å². The molecule has 7 atom stereocenters. The summed E-state index contributed by atoms with van der Waals surface area (Å²) in [6, 6.07) is 3.50. The molecule has 38 heavy (non-hydrogen) atoms. The SMILES string of the molecule is COc1cc(/C=C/C(=O)O[C@H]2[C@@H]3[C@H](C)CC[C@H]3[C@]3(C)O[C@@]2(C(C)C)C[C@H]3OC(=O)CO)cc(OC)c1OC. The molecule has 2 heterocycles. The number of carbonyl (C=O) groups is 2. The van der Waals surface area contributed by atoms with Gasteiger partial charge in [-0.05, 0) is 61.3 Å². The van der Waals surface area contributed by atoms with Crippen molar-refractivity contribution in [1.82, 2.24) is 0 Å². The molecule has 3 aliphatic rings. The van der Waals surface area contributed by atoms with Gasteiger partial charge >= 0.3 is 11.9 Å². The lowest BCUT2D eigenvalue weighted by atomic mass is 9.69. The van der Waals surface area contributed by atoms with Crippen molar-refractivity contribution >= 4 is 18.0 Å². The number of fused-ring (bicyclic) bond motifs is 4. The summed E-state index contributed by atoms with van der Waals surface area (Å²) in [5, 5.41) is 9.33. The molecule has 1 aromatic carbocycles. The Morgan fingerprint density at radius 2 is 1.76 bits per heavy atom. The maximum atomic E-state index is 13.3. The van der Waals surface area contributed by atoms with Crippen molar-refractivity contribution in [2.45, 2.75) is 70.4 Å². The molecule has 1 N–H and O–H groups in total. The predicted octanol–water partition coefficient (Wildman–Crippen LogP) is 3.79. The van der Waals surface area contributed by atoms with Gasteiger partial charge in [-0.1, -0.05) is 20.8 Å². The first-order valence-corrected chi connectivity index (χ1v) is 13.2. The zero-order chi connectivity index (χ0) is 27.8. The number of hydrogen-bond acceptors (Lipinski definition) is 9. The topological polar surface area (TPSA) is 110 Å². The van der Waals surface area contributed by atoms with Gasteiger partial charge in [0.25, 0.3) is 0 Å². The van der Waals surface area contributed by atoms with E-state index in [-0.39, 0.29) is 17.8 Å². The second kappa shape index (κ2) is 10.8. The first-order valence-electron chi connectivity index (χ1n) is 13.2. The molecule has 1 aliphatic carbocycles. The van der Waals surface area contributed by atoms with Gasteiger partial charge in [-0.3, -0.25) is 0 Å². The standard InChI is InChI=1S/C29H40O9/c1-16(2)29-14-22(36-24(32)15-30)28(4,38-29)19-10-8-17(3)25(19)27(29)37-23(31)11-9-18-12-20(33-5)26(35-7)21(13-18)34-6/h9,11-13,16-17,19,22,25,27,30H,8,10,14-15H2,1-7H3/b11-9+/t17-,19-,22-,25-,27+,28+,29-/m1/s1. The van der Waals surface area contributed by atoms with Crippen LogP contribution in [0.1, 0.15) is 52.5 Å². The van der Waals surface area contributed by atoms with Crippen molar-refractivity contribution in [1.29, 1.82) is 0 Å². The van der Waals surface area contributed by atoms with Crippen molar-refractivity contribution in [2.75, 3.05) is 27.9 Å². The van der Waals surface area contributed by atoms with E-state index in [4.69, 9.17) is 28.4 Å². The van der Waals surface area contributed by atoms with Gasteiger partial charge in [-0.2, -0.15) is 0 Å². The fourth-order valence-electron chi connectivity index (χ4n) is 6.97. The molecule has 0 unspecified atom stereocenters. The largest absolute Gasteiger partial charge is 0.493 e. The summed E-state index contributed by atoms with van der Waals surface area (Å²) < 4.78 is 35.0. The van der Waals surface area contributed by atoms with Crippen LogP contribution in [-0.2, 0) is 23.8 Å². The van der Waals surface area contributed by atoms with Crippen LogP contribution in [0.3, 0.4) is 0 Å². The molecular weight excluding hydrogens is 492 g/mol. The molecule has 1 aromatic rings. The first kappa shape index (κ1) is 28.2. The summed E-state index contributed by atoms with van der Waals surface area (Å²) in [6.45, 7) is 7.60. The highest BCUT2D eigenvalue weighted by Gasteiger charge is 2.72. The fourth-order valence-corrected chi connectivity index (χ4v) is 6.97. The summed E-state index contributed by atoms with van der Waals surface area (Å²) in [5.41, 5.74) is -0.837. The van der Waals surface area contributed by atoms with Crippen molar-refractivity contribution in [3.63, 3.8) is 0 Å². The lowest BCUT2D eigenvalue weighted by Gasteiger charge is -2.52. The minimum atomic E-state index is -0.815. The minimum absolute atomic E-state index is 0.00899. The molecule has 210 valence electrons. The van der Waals surface area contributed by atoms with Crippen molar-refractivity contribution in [2.24, 2.45) is 23.7 Å². The molecule has 9 heteroatoms. The Morgan fingerprint density at radius 3 is 2.32 bits per heavy atom. The van der Waals surface area contributed by atoms with Gasteiger partial charge in [-0.25, -0.2) is 9.59 Å².